The van der Waals surface area contributed by atoms with Gasteiger partial charge in [-0.2, -0.15) is 0 Å². The number of aromatic carboxylic acids is 1. The highest BCUT2D eigenvalue weighted by atomic mass is 16.4. The van der Waals surface area contributed by atoms with Crippen LogP contribution in [0.2, 0.25) is 0 Å². The van der Waals surface area contributed by atoms with Gasteiger partial charge >= 0.3 is 5.97 Å². The number of carbonyl (C=O) groups excluding carboxylic acids is 1. The summed E-state index contributed by atoms with van der Waals surface area (Å²) in [5.41, 5.74) is 0.947. The van der Waals surface area contributed by atoms with E-state index in [2.05, 4.69) is 0 Å². The van der Waals surface area contributed by atoms with Crippen molar-refractivity contribution in [3.05, 3.63) is 35.4 Å². The number of benzene rings is 1. The van der Waals surface area contributed by atoms with Crippen LogP contribution < -0.4 is 0 Å². The Morgan fingerprint density at radius 2 is 1.67 bits per heavy atom. The zero-order valence-electron chi connectivity index (χ0n) is 10.1. The van der Waals surface area contributed by atoms with Crippen molar-refractivity contribution in [3.8, 4) is 0 Å². The molecule has 94 valence electrons. The average Bonchev–Trinajstić information content (AvgIpc) is 2.25. The van der Waals surface area contributed by atoms with Crippen LogP contribution in [0.4, 0.5) is 0 Å². The van der Waals surface area contributed by atoms with Crippen LogP contribution in [-0.4, -0.2) is 34.0 Å². The summed E-state index contributed by atoms with van der Waals surface area (Å²) in [5.74, 6) is -0.925. The molecule has 1 aliphatic carbocycles. The summed E-state index contributed by atoms with van der Waals surface area (Å²) in [6.07, 6.45) is 4.56. The van der Waals surface area contributed by atoms with Crippen molar-refractivity contribution >= 4 is 11.9 Å². The first-order valence-electron chi connectivity index (χ1n) is 6.28. The van der Waals surface area contributed by atoms with E-state index in [9.17, 15) is 9.59 Å². The Bertz CT molecular complexity index is 497. The molecule has 1 N–H and O–H groups in total. The number of nitrogens with zero attached hydrogens (tertiary/aromatic N) is 1. The van der Waals surface area contributed by atoms with Gasteiger partial charge in [-0.05, 0) is 49.9 Å². The Balaban J connectivity index is 1.78. The van der Waals surface area contributed by atoms with Crippen LogP contribution in [0.5, 0.6) is 0 Å². The fourth-order valence-electron chi connectivity index (χ4n) is 2.87. The van der Waals surface area contributed by atoms with Crippen LogP contribution in [0.25, 0.3) is 0 Å². The van der Waals surface area contributed by atoms with Crippen LogP contribution in [0, 0.1) is 0 Å². The molecule has 1 aromatic rings. The molecule has 1 aromatic carbocycles. The largest absolute Gasteiger partial charge is 0.478 e. The highest BCUT2D eigenvalue weighted by Crippen LogP contribution is 2.47. The maximum atomic E-state index is 12.3. The third-order valence-corrected chi connectivity index (χ3v) is 4.28. The van der Waals surface area contributed by atoms with Crippen LogP contribution in [0.1, 0.15) is 46.4 Å². The number of carbonyl (C=O) groups is 2. The van der Waals surface area contributed by atoms with E-state index >= 15 is 0 Å². The Labute approximate surface area is 105 Å². The van der Waals surface area contributed by atoms with Gasteiger partial charge in [0.15, 0.2) is 0 Å². The van der Waals surface area contributed by atoms with Crippen molar-refractivity contribution < 1.29 is 14.7 Å². The molecule has 0 unspecified atom stereocenters. The number of likely N-dealkylation sites (tertiary alicyclic amines) is 1. The summed E-state index contributed by atoms with van der Waals surface area (Å²) in [7, 11) is 0. The van der Waals surface area contributed by atoms with E-state index in [1.165, 1.54) is 18.6 Å². The van der Waals surface area contributed by atoms with E-state index in [4.69, 9.17) is 5.11 Å². The molecule has 0 radical (unpaired) electrons. The summed E-state index contributed by atoms with van der Waals surface area (Å²) in [6.45, 7) is 0.833. The molecule has 1 heterocycles. The molecular formula is C14H15NO3. The van der Waals surface area contributed by atoms with Gasteiger partial charge in [-0.3, -0.25) is 4.79 Å². The monoisotopic (exact) mass is 245 g/mol. The summed E-state index contributed by atoms with van der Waals surface area (Å²) in [6, 6.07) is 6.19. The Kier molecular flexibility index (Phi) is 2.40. The van der Waals surface area contributed by atoms with Crippen LogP contribution in [0.15, 0.2) is 24.3 Å². The van der Waals surface area contributed by atoms with Gasteiger partial charge in [-0.25, -0.2) is 4.79 Å². The van der Waals surface area contributed by atoms with Crippen LogP contribution >= 0.6 is 0 Å². The number of hydrogen-bond acceptors (Lipinski definition) is 2. The minimum atomic E-state index is -0.964. The lowest BCUT2D eigenvalue weighted by molar-refractivity contribution is -0.0487. The van der Waals surface area contributed by atoms with Gasteiger partial charge in [0.05, 0.1) is 5.56 Å². The zero-order valence-corrected chi connectivity index (χ0v) is 10.1. The van der Waals surface area contributed by atoms with Gasteiger partial charge in [0.2, 0.25) is 0 Å². The maximum Gasteiger partial charge on any atom is 0.335 e. The first-order valence-corrected chi connectivity index (χ1v) is 6.28. The average molecular weight is 245 g/mol. The topological polar surface area (TPSA) is 57.6 Å². The molecule has 0 aromatic heterocycles. The molecule has 18 heavy (non-hydrogen) atoms. The standard InChI is InChI=1S/C14H15NO3/c16-12(15-9-8-14(15)6-1-7-14)10-2-4-11(5-3-10)13(17)18/h2-5H,1,6-9H2,(H,17,18). The van der Waals surface area contributed by atoms with Gasteiger partial charge in [-0.1, -0.05) is 0 Å². The van der Waals surface area contributed by atoms with Crippen molar-refractivity contribution in [2.45, 2.75) is 31.2 Å². The second kappa shape index (κ2) is 3.83. The molecule has 1 saturated carbocycles. The molecule has 2 aliphatic rings. The van der Waals surface area contributed by atoms with E-state index in [0.717, 1.165) is 25.8 Å². The van der Waals surface area contributed by atoms with E-state index < -0.39 is 5.97 Å². The van der Waals surface area contributed by atoms with Crippen molar-refractivity contribution in [2.75, 3.05) is 6.54 Å². The molecule has 4 heteroatoms. The first-order chi connectivity index (χ1) is 8.62. The predicted molar refractivity (Wildman–Crippen MR) is 65.6 cm³/mol. The fraction of sp³-hybridized carbons (Fsp3) is 0.429. The normalized spacial score (nSPS) is 20.1. The van der Waals surface area contributed by atoms with Gasteiger partial charge in [0, 0.05) is 17.6 Å². The molecule has 1 amide bonds. The van der Waals surface area contributed by atoms with Gasteiger partial charge < -0.3 is 10.0 Å². The lowest BCUT2D eigenvalue weighted by Crippen LogP contribution is -2.65. The molecule has 0 bridgehead atoms. The minimum Gasteiger partial charge on any atom is -0.478 e. The number of hydrogen-bond donors (Lipinski definition) is 1. The molecule has 2 fully saturated rings. The summed E-state index contributed by atoms with van der Waals surface area (Å²) in [5, 5.41) is 8.82. The van der Waals surface area contributed by atoms with E-state index in [1.807, 2.05) is 4.90 Å². The quantitative estimate of drug-likeness (QED) is 0.868. The van der Waals surface area contributed by atoms with Gasteiger partial charge in [-0.15, -0.1) is 0 Å². The molecule has 1 spiro atoms. The first kappa shape index (κ1) is 11.3. The third kappa shape index (κ3) is 1.52. The maximum absolute atomic E-state index is 12.3. The van der Waals surface area contributed by atoms with Crippen molar-refractivity contribution in [3.63, 3.8) is 0 Å². The van der Waals surface area contributed by atoms with Gasteiger partial charge in [0.1, 0.15) is 0 Å². The second-order valence-electron chi connectivity index (χ2n) is 5.17. The number of carboxylic acids is 1. The highest BCUT2D eigenvalue weighted by molar-refractivity contribution is 5.96. The van der Waals surface area contributed by atoms with E-state index in [0.29, 0.717) is 5.56 Å². The number of carboxylic acid groups (broad SMARTS) is 1. The van der Waals surface area contributed by atoms with E-state index in [1.54, 1.807) is 12.1 Å². The van der Waals surface area contributed by atoms with Gasteiger partial charge in [0.25, 0.3) is 5.91 Å². The molecule has 1 aliphatic heterocycles. The summed E-state index contributed by atoms with van der Waals surface area (Å²) < 4.78 is 0. The molecular weight excluding hydrogens is 230 g/mol. The Morgan fingerprint density at radius 3 is 2.06 bits per heavy atom. The van der Waals surface area contributed by atoms with Crippen molar-refractivity contribution in [1.29, 1.82) is 0 Å². The summed E-state index contributed by atoms with van der Waals surface area (Å²) in [4.78, 5) is 25.0. The zero-order chi connectivity index (χ0) is 12.8. The minimum absolute atomic E-state index is 0.0397. The lowest BCUT2D eigenvalue weighted by atomic mass is 9.67. The van der Waals surface area contributed by atoms with Crippen LogP contribution in [0.3, 0.4) is 0 Å². The van der Waals surface area contributed by atoms with E-state index in [-0.39, 0.29) is 17.0 Å². The predicted octanol–water partition coefficient (Wildman–Crippen LogP) is 2.15. The summed E-state index contributed by atoms with van der Waals surface area (Å²) >= 11 is 0. The second-order valence-corrected chi connectivity index (χ2v) is 5.17. The van der Waals surface area contributed by atoms with Crippen molar-refractivity contribution in [2.24, 2.45) is 0 Å². The molecule has 1 saturated heterocycles. The van der Waals surface area contributed by atoms with Crippen LogP contribution in [-0.2, 0) is 0 Å². The number of rotatable bonds is 2. The SMILES string of the molecule is O=C(O)c1ccc(C(=O)N2CCC23CCC3)cc1. The molecule has 3 rings (SSSR count). The van der Waals surface area contributed by atoms with Crippen molar-refractivity contribution in [1.82, 2.24) is 4.90 Å². The lowest BCUT2D eigenvalue weighted by Gasteiger charge is -2.58. The Morgan fingerprint density at radius 1 is 1.06 bits per heavy atom. The Hall–Kier alpha value is -1.84. The highest BCUT2D eigenvalue weighted by Gasteiger charge is 2.51. The molecule has 4 nitrogen and oxygen atoms in total. The number of amides is 1. The fourth-order valence-corrected chi connectivity index (χ4v) is 2.87. The smallest absolute Gasteiger partial charge is 0.335 e. The third-order valence-electron chi connectivity index (χ3n) is 4.28. The molecule has 0 atom stereocenters.